The highest BCUT2D eigenvalue weighted by Crippen LogP contribution is 2.48. The lowest BCUT2D eigenvalue weighted by molar-refractivity contribution is -0.116. The normalized spacial score (nSPS) is 15.5. The standard InChI is InChI=1S/C21H20N2O4S/c1-25-15-11-17(27-3)16(26-2)9-13(15)14-10-18(24)22-20-19(23-28-21(14)20)12-7-5-4-6-8-12/h4-9,11,14H,10H2,1-3H3,(H,22,24). The Hall–Kier alpha value is -3.06. The molecule has 1 atom stereocenters. The van der Waals surface area contributed by atoms with E-state index >= 15 is 0 Å². The van der Waals surface area contributed by atoms with E-state index in [9.17, 15) is 4.79 Å². The van der Waals surface area contributed by atoms with E-state index in [0.29, 0.717) is 23.7 Å². The van der Waals surface area contributed by atoms with Gasteiger partial charge in [-0.2, -0.15) is 4.37 Å². The molecule has 2 heterocycles. The van der Waals surface area contributed by atoms with Crippen LogP contribution in [0.5, 0.6) is 17.2 Å². The van der Waals surface area contributed by atoms with Crippen LogP contribution in [0.25, 0.3) is 11.3 Å². The summed E-state index contributed by atoms with van der Waals surface area (Å²) in [4.78, 5) is 13.5. The van der Waals surface area contributed by atoms with Crippen molar-refractivity contribution in [3.8, 4) is 28.5 Å². The number of aromatic nitrogens is 1. The van der Waals surface area contributed by atoms with E-state index in [1.807, 2.05) is 36.4 Å². The molecule has 0 saturated heterocycles. The van der Waals surface area contributed by atoms with E-state index in [4.69, 9.17) is 14.2 Å². The Balaban J connectivity index is 1.86. The van der Waals surface area contributed by atoms with Crippen LogP contribution in [0.4, 0.5) is 5.69 Å². The third-order valence-electron chi connectivity index (χ3n) is 4.85. The summed E-state index contributed by atoms with van der Waals surface area (Å²) >= 11 is 1.40. The highest BCUT2D eigenvalue weighted by molar-refractivity contribution is 7.07. The van der Waals surface area contributed by atoms with Gasteiger partial charge in [0.05, 0.1) is 31.9 Å². The molecule has 0 saturated carbocycles. The first-order valence-corrected chi connectivity index (χ1v) is 9.58. The minimum absolute atomic E-state index is 0.0493. The Morgan fingerprint density at radius 1 is 1.00 bits per heavy atom. The van der Waals surface area contributed by atoms with Gasteiger partial charge in [0.2, 0.25) is 5.91 Å². The molecule has 1 aromatic heterocycles. The monoisotopic (exact) mass is 396 g/mol. The van der Waals surface area contributed by atoms with Crippen LogP contribution >= 0.6 is 11.5 Å². The van der Waals surface area contributed by atoms with Gasteiger partial charge in [-0.25, -0.2) is 0 Å². The SMILES string of the molecule is COc1cc(OC)c(C2CC(=O)Nc3c(-c4ccccc4)nsc32)cc1OC. The van der Waals surface area contributed by atoms with Gasteiger partial charge >= 0.3 is 0 Å². The number of hydrogen-bond donors (Lipinski definition) is 1. The van der Waals surface area contributed by atoms with E-state index in [0.717, 1.165) is 27.4 Å². The van der Waals surface area contributed by atoms with Gasteiger partial charge in [-0.1, -0.05) is 30.3 Å². The zero-order valence-electron chi connectivity index (χ0n) is 15.8. The summed E-state index contributed by atoms with van der Waals surface area (Å²) in [6.07, 6.45) is 0.315. The van der Waals surface area contributed by atoms with E-state index in [1.54, 1.807) is 27.4 Å². The summed E-state index contributed by atoms with van der Waals surface area (Å²) < 4.78 is 21.1. The van der Waals surface area contributed by atoms with Crippen LogP contribution in [0.3, 0.4) is 0 Å². The number of ether oxygens (including phenoxy) is 3. The van der Waals surface area contributed by atoms with Crippen molar-refractivity contribution in [3.63, 3.8) is 0 Å². The summed E-state index contributed by atoms with van der Waals surface area (Å²) in [6, 6.07) is 13.5. The Bertz CT molecular complexity index is 1020. The lowest BCUT2D eigenvalue weighted by Crippen LogP contribution is -2.22. The van der Waals surface area contributed by atoms with Gasteiger partial charge in [0, 0.05) is 29.5 Å². The van der Waals surface area contributed by atoms with Crippen molar-refractivity contribution in [3.05, 3.63) is 52.9 Å². The van der Waals surface area contributed by atoms with Crippen molar-refractivity contribution in [1.29, 1.82) is 0 Å². The topological polar surface area (TPSA) is 69.7 Å². The number of amides is 1. The summed E-state index contributed by atoms with van der Waals surface area (Å²) in [5.41, 5.74) is 3.41. The van der Waals surface area contributed by atoms with Gasteiger partial charge in [-0.3, -0.25) is 4.79 Å². The van der Waals surface area contributed by atoms with Crippen LogP contribution in [0.1, 0.15) is 22.8 Å². The number of fused-ring (bicyclic) bond motifs is 1. The zero-order valence-corrected chi connectivity index (χ0v) is 16.6. The van der Waals surface area contributed by atoms with Gasteiger partial charge in [0.1, 0.15) is 11.4 Å². The Labute approximate surface area is 167 Å². The molecule has 0 bridgehead atoms. The average Bonchev–Trinajstić information content (AvgIpc) is 3.16. The van der Waals surface area contributed by atoms with Crippen LogP contribution in [-0.4, -0.2) is 31.6 Å². The maximum absolute atomic E-state index is 12.5. The molecule has 7 heteroatoms. The van der Waals surface area contributed by atoms with Gasteiger partial charge in [0.15, 0.2) is 11.5 Å². The molecular formula is C21H20N2O4S. The van der Waals surface area contributed by atoms with Crippen LogP contribution < -0.4 is 19.5 Å². The summed E-state index contributed by atoms with van der Waals surface area (Å²) in [7, 11) is 4.78. The lowest BCUT2D eigenvalue weighted by Gasteiger charge is -2.25. The van der Waals surface area contributed by atoms with Crippen molar-refractivity contribution in [2.45, 2.75) is 12.3 Å². The van der Waals surface area contributed by atoms with Crippen LogP contribution in [0, 0.1) is 0 Å². The fraction of sp³-hybridized carbons (Fsp3) is 0.238. The number of benzene rings is 2. The molecule has 0 spiro atoms. The quantitative estimate of drug-likeness (QED) is 0.696. The molecule has 6 nitrogen and oxygen atoms in total. The number of methoxy groups -OCH3 is 3. The fourth-order valence-corrected chi connectivity index (χ4v) is 4.46. The number of carbonyl (C=O) groups is 1. The first-order chi connectivity index (χ1) is 13.7. The van der Waals surface area contributed by atoms with Crippen molar-refractivity contribution in [1.82, 2.24) is 4.37 Å². The zero-order chi connectivity index (χ0) is 19.7. The molecule has 1 unspecified atom stereocenters. The second kappa shape index (κ2) is 7.52. The predicted molar refractivity (Wildman–Crippen MR) is 109 cm³/mol. The summed E-state index contributed by atoms with van der Waals surface area (Å²) in [5, 5.41) is 3.01. The first kappa shape index (κ1) is 18.3. The Kier molecular flexibility index (Phi) is 4.92. The number of carbonyl (C=O) groups excluding carboxylic acids is 1. The van der Waals surface area contributed by atoms with Gasteiger partial charge in [0.25, 0.3) is 0 Å². The molecule has 3 aromatic rings. The molecule has 1 aliphatic rings. The van der Waals surface area contributed by atoms with Crippen molar-refractivity contribution >= 4 is 23.1 Å². The predicted octanol–water partition coefficient (Wildman–Crippen LogP) is 4.31. The number of hydrogen-bond acceptors (Lipinski definition) is 6. The molecule has 0 radical (unpaired) electrons. The highest BCUT2D eigenvalue weighted by Gasteiger charge is 2.34. The van der Waals surface area contributed by atoms with Crippen molar-refractivity contribution < 1.29 is 19.0 Å². The number of nitrogens with one attached hydrogen (secondary N) is 1. The maximum Gasteiger partial charge on any atom is 0.225 e. The molecule has 28 heavy (non-hydrogen) atoms. The lowest BCUT2D eigenvalue weighted by atomic mass is 9.88. The van der Waals surface area contributed by atoms with E-state index in [2.05, 4.69) is 9.69 Å². The van der Waals surface area contributed by atoms with E-state index in [-0.39, 0.29) is 11.8 Å². The summed E-state index contributed by atoms with van der Waals surface area (Å²) in [6.45, 7) is 0. The third kappa shape index (κ3) is 3.07. The maximum atomic E-state index is 12.5. The number of nitrogens with zero attached hydrogens (tertiary/aromatic N) is 1. The Morgan fingerprint density at radius 3 is 2.36 bits per heavy atom. The average molecular weight is 396 g/mol. The summed E-state index contributed by atoms with van der Waals surface area (Å²) in [5.74, 6) is 1.61. The molecule has 1 amide bonds. The minimum Gasteiger partial charge on any atom is -0.496 e. The number of anilines is 1. The first-order valence-electron chi connectivity index (χ1n) is 8.81. The minimum atomic E-state index is -0.173. The molecule has 1 aliphatic heterocycles. The van der Waals surface area contributed by atoms with Crippen LogP contribution in [0.15, 0.2) is 42.5 Å². The highest BCUT2D eigenvalue weighted by atomic mass is 32.1. The van der Waals surface area contributed by atoms with Gasteiger partial charge < -0.3 is 19.5 Å². The largest absolute Gasteiger partial charge is 0.496 e. The van der Waals surface area contributed by atoms with Crippen LogP contribution in [0.2, 0.25) is 0 Å². The molecule has 0 aliphatic carbocycles. The van der Waals surface area contributed by atoms with Crippen LogP contribution in [-0.2, 0) is 4.79 Å². The van der Waals surface area contributed by atoms with E-state index in [1.165, 1.54) is 11.5 Å². The van der Waals surface area contributed by atoms with Gasteiger partial charge in [-0.15, -0.1) is 0 Å². The fourth-order valence-electron chi connectivity index (χ4n) is 3.50. The Morgan fingerprint density at radius 2 is 1.68 bits per heavy atom. The van der Waals surface area contributed by atoms with Crippen molar-refractivity contribution in [2.24, 2.45) is 0 Å². The molecule has 1 N–H and O–H groups in total. The van der Waals surface area contributed by atoms with E-state index < -0.39 is 0 Å². The van der Waals surface area contributed by atoms with Crippen molar-refractivity contribution in [2.75, 3.05) is 26.6 Å². The second-order valence-corrected chi connectivity index (χ2v) is 7.20. The second-order valence-electron chi connectivity index (χ2n) is 6.39. The van der Waals surface area contributed by atoms with Gasteiger partial charge in [-0.05, 0) is 17.6 Å². The molecule has 0 fully saturated rings. The molecule has 4 rings (SSSR count). The molecular weight excluding hydrogens is 376 g/mol. The smallest absolute Gasteiger partial charge is 0.225 e. The number of rotatable bonds is 5. The molecule has 2 aromatic carbocycles. The third-order valence-corrected chi connectivity index (χ3v) is 5.81. The molecule has 144 valence electrons.